The molecule has 0 spiro atoms. The molecule has 4 rings (SSSR count). The molecule has 0 saturated carbocycles. The Kier molecular flexibility index (Phi) is 8.25. The van der Waals surface area contributed by atoms with Crippen molar-refractivity contribution in [3.63, 3.8) is 0 Å². The summed E-state index contributed by atoms with van der Waals surface area (Å²) in [6.07, 6.45) is 3.51. The number of aryl methyl sites for hydroxylation is 1. The van der Waals surface area contributed by atoms with Crippen LogP contribution < -0.4 is 5.56 Å². The molecule has 0 aliphatic carbocycles. The van der Waals surface area contributed by atoms with E-state index in [4.69, 9.17) is 0 Å². The molecule has 0 fully saturated rings. The predicted octanol–water partition coefficient (Wildman–Crippen LogP) is 5.77. The molecule has 0 aliphatic rings. The maximum Gasteiger partial charge on any atom is 0.277 e. The monoisotopic (exact) mass is 553 g/mol. The third kappa shape index (κ3) is 5.47. The number of unbranched alkanes of at least 4 members (excludes halogenated alkanes) is 1. The zero-order valence-corrected chi connectivity index (χ0v) is 22.7. The van der Waals surface area contributed by atoms with Gasteiger partial charge in [-0.15, -0.1) is 0 Å². The third-order valence-corrected chi connectivity index (χ3v) is 8.51. The molecule has 204 valence electrons. The molecule has 7 nitrogen and oxygen atoms in total. The fourth-order valence-electron chi connectivity index (χ4n) is 4.62. The number of nitrogens with zero attached hydrogens (tertiary/aromatic N) is 3. The van der Waals surface area contributed by atoms with Crippen LogP contribution >= 0.6 is 0 Å². The van der Waals surface area contributed by atoms with Gasteiger partial charge in [-0.25, -0.2) is 17.8 Å². The largest absolute Gasteiger partial charge is 0.492 e. The zero-order chi connectivity index (χ0) is 28.3. The van der Waals surface area contributed by atoms with E-state index < -0.39 is 44.0 Å². The number of pyridine rings is 1. The molecule has 0 saturated heterocycles. The van der Waals surface area contributed by atoms with Gasteiger partial charge in [0.1, 0.15) is 11.6 Å². The first kappa shape index (κ1) is 28.1. The van der Waals surface area contributed by atoms with Crippen molar-refractivity contribution in [2.24, 2.45) is 0 Å². The second-order valence-corrected chi connectivity index (χ2v) is 11.1. The minimum absolute atomic E-state index is 0.227. The van der Waals surface area contributed by atoms with E-state index in [0.717, 1.165) is 6.42 Å². The Balaban J connectivity index is 1.86. The first-order chi connectivity index (χ1) is 18.6. The van der Waals surface area contributed by atoms with E-state index in [1.54, 1.807) is 25.1 Å². The molecule has 2 heterocycles. The molecule has 0 amide bonds. The average molecular weight is 554 g/mol. The van der Waals surface area contributed by atoms with Gasteiger partial charge in [-0.3, -0.25) is 9.36 Å². The summed E-state index contributed by atoms with van der Waals surface area (Å²) in [5.41, 5.74) is 1.13. The first-order valence-corrected chi connectivity index (χ1v) is 14.1. The van der Waals surface area contributed by atoms with Gasteiger partial charge >= 0.3 is 0 Å². The molecule has 1 unspecified atom stereocenters. The number of benzene rings is 2. The van der Waals surface area contributed by atoms with Crippen LogP contribution in [-0.4, -0.2) is 28.1 Å². The van der Waals surface area contributed by atoms with Crippen molar-refractivity contribution in [1.29, 1.82) is 0 Å². The molecule has 1 atom stereocenters. The maximum absolute atomic E-state index is 13.9. The Morgan fingerprint density at radius 3 is 2.28 bits per heavy atom. The van der Waals surface area contributed by atoms with E-state index in [0.29, 0.717) is 41.5 Å². The summed E-state index contributed by atoms with van der Waals surface area (Å²) in [7, 11) is -4.50. The molecule has 1 N–H and O–H groups in total. The molecule has 4 aromatic rings. The minimum Gasteiger partial charge on any atom is -0.492 e. The molecule has 0 radical (unpaired) electrons. The van der Waals surface area contributed by atoms with Crippen molar-refractivity contribution < 1.29 is 22.3 Å². The van der Waals surface area contributed by atoms with Crippen LogP contribution in [0.2, 0.25) is 0 Å². The van der Waals surface area contributed by atoms with Gasteiger partial charge in [0.05, 0.1) is 10.9 Å². The lowest BCUT2D eigenvalue weighted by atomic mass is 10.0. The van der Waals surface area contributed by atoms with Crippen LogP contribution in [0.3, 0.4) is 0 Å². The molecular weight excluding hydrogens is 524 g/mol. The number of sulfone groups is 1. The van der Waals surface area contributed by atoms with Gasteiger partial charge in [-0.2, -0.15) is 9.37 Å². The molecule has 2 aromatic carbocycles. The first-order valence-electron chi connectivity index (χ1n) is 12.7. The lowest BCUT2D eigenvalue weighted by Crippen LogP contribution is -2.33. The molecule has 10 heteroatoms. The second-order valence-electron chi connectivity index (χ2n) is 9.24. The van der Waals surface area contributed by atoms with Crippen molar-refractivity contribution in [3.8, 4) is 17.0 Å². The van der Waals surface area contributed by atoms with Gasteiger partial charge in [0.15, 0.2) is 4.90 Å². The second kappa shape index (κ2) is 11.4. The SMILES string of the molecule is CCCCc1nc(O)c(S(=O)(=O)c2ccc(-c3ccnc(F)c3C)cc2)c(=O)n1C(CC)c1ccc(F)cc1. The van der Waals surface area contributed by atoms with Crippen molar-refractivity contribution in [2.75, 3.05) is 0 Å². The van der Waals surface area contributed by atoms with Crippen LogP contribution in [-0.2, 0) is 16.3 Å². The molecule has 0 bridgehead atoms. The predicted molar refractivity (Wildman–Crippen MR) is 143 cm³/mol. The molecule has 39 heavy (non-hydrogen) atoms. The van der Waals surface area contributed by atoms with E-state index in [9.17, 15) is 27.1 Å². The Morgan fingerprint density at radius 1 is 1.00 bits per heavy atom. The van der Waals surface area contributed by atoms with E-state index >= 15 is 0 Å². The summed E-state index contributed by atoms with van der Waals surface area (Å²) in [4.78, 5) is 20.6. The van der Waals surface area contributed by atoms with Gasteiger partial charge in [-0.1, -0.05) is 44.5 Å². The number of rotatable bonds is 9. The quantitative estimate of drug-likeness (QED) is 0.264. The van der Waals surface area contributed by atoms with E-state index in [-0.39, 0.29) is 10.7 Å². The summed E-state index contributed by atoms with van der Waals surface area (Å²) in [6, 6.07) is 12.2. The fourth-order valence-corrected chi connectivity index (χ4v) is 5.97. The van der Waals surface area contributed by atoms with Crippen LogP contribution in [0.4, 0.5) is 8.78 Å². The molecular formula is C29H29F2N3O4S. The Morgan fingerprint density at radius 2 is 1.67 bits per heavy atom. The number of aromatic hydroxyl groups is 1. The zero-order valence-electron chi connectivity index (χ0n) is 21.9. The van der Waals surface area contributed by atoms with Crippen LogP contribution in [0.5, 0.6) is 5.88 Å². The van der Waals surface area contributed by atoms with Crippen LogP contribution in [0.15, 0.2) is 75.4 Å². The Bertz CT molecular complexity index is 1650. The van der Waals surface area contributed by atoms with E-state index in [2.05, 4.69) is 9.97 Å². The number of hydrogen-bond donors (Lipinski definition) is 1. The standard InChI is InChI=1S/C29H29F2N3O4S/c1-4-6-7-25-33-28(35)26(29(36)34(25)24(5-2)20-8-12-21(30)13-9-20)39(37,38)22-14-10-19(11-15-22)23-16-17-32-27(31)18(23)3/h8-17,24,35H,4-7H2,1-3H3. The van der Waals surface area contributed by atoms with Crippen molar-refractivity contribution in [1.82, 2.24) is 14.5 Å². The van der Waals surface area contributed by atoms with Gasteiger partial charge in [0.2, 0.25) is 21.7 Å². The van der Waals surface area contributed by atoms with Crippen molar-refractivity contribution in [3.05, 3.63) is 99.9 Å². The Labute approximate surface area is 225 Å². The fraction of sp³-hybridized carbons (Fsp3) is 0.276. The van der Waals surface area contributed by atoms with Crippen molar-refractivity contribution >= 4 is 9.84 Å². The summed E-state index contributed by atoms with van der Waals surface area (Å²) in [5.74, 6) is -1.68. The summed E-state index contributed by atoms with van der Waals surface area (Å²) in [5, 5.41) is 10.8. The normalized spacial score (nSPS) is 12.4. The Hall–Kier alpha value is -3.92. The van der Waals surface area contributed by atoms with Gasteiger partial charge in [0.25, 0.3) is 5.56 Å². The lowest BCUT2D eigenvalue weighted by molar-refractivity contribution is 0.406. The highest BCUT2D eigenvalue weighted by Gasteiger charge is 2.31. The average Bonchev–Trinajstić information content (AvgIpc) is 2.91. The summed E-state index contributed by atoms with van der Waals surface area (Å²) >= 11 is 0. The van der Waals surface area contributed by atoms with Gasteiger partial charge in [0, 0.05) is 18.2 Å². The number of halogens is 2. The number of aromatic nitrogens is 3. The van der Waals surface area contributed by atoms with E-state index in [1.807, 2.05) is 13.8 Å². The molecule has 2 aromatic heterocycles. The maximum atomic E-state index is 13.9. The van der Waals surface area contributed by atoms with Gasteiger partial charge in [-0.05, 0) is 66.8 Å². The smallest absolute Gasteiger partial charge is 0.277 e. The number of hydrogen-bond acceptors (Lipinski definition) is 6. The van der Waals surface area contributed by atoms with Gasteiger partial charge < -0.3 is 5.11 Å². The molecule has 0 aliphatic heterocycles. The summed E-state index contributed by atoms with van der Waals surface area (Å²) in [6.45, 7) is 5.36. The topological polar surface area (TPSA) is 102 Å². The highest BCUT2D eigenvalue weighted by molar-refractivity contribution is 7.91. The van der Waals surface area contributed by atoms with E-state index in [1.165, 1.54) is 47.2 Å². The van der Waals surface area contributed by atoms with Crippen LogP contribution in [0.25, 0.3) is 11.1 Å². The highest BCUT2D eigenvalue weighted by atomic mass is 32.2. The third-order valence-electron chi connectivity index (χ3n) is 6.72. The van der Waals surface area contributed by atoms with Crippen LogP contribution in [0.1, 0.15) is 56.1 Å². The van der Waals surface area contributed by atoms with Crippen LogP contribution in [0, 0.1) is 18.7 Å². The lowest BCUT2D eigenvalue weighted by Gasteiger charge is -2.23. The van der Waals surface area contributed by atoms with Crippen molar-refractivity contribution in [2.45, 2.75) is 62.3 Å². The minimum atomic E-state index is -4.50. The summed E-state index contributed by atoms with van der Waals surface area (Å²) < 4.78 is 56.2. The highest BCUT2D eigenvalue weighted by Crippen LogP contribution is 2.31.